The van der Waals surface area contributed by atoms with Crippen LogP contribution in [0.2, 0.25) is 19.6 Å². The minimum Gasteiger partial charge on any atom is -0.305 e. The fraction of sp³-hybridized carbons (Fsp3) is 0.174. The Morgan fingerprint density at radius 3 is 1.06 bits per heavy atom. The summed E-state index contributed by atoms with van der Waals surface area (Å²) in [5.41, 5.74) is 29.4. The van der Waals surface area contributed by atoms with E-state index in [1.807, 2.05) is 86.0 Å². The second-order valence-corrected chi connectivity index (χ2v) is 37.5. The zero-order chi connectivity index (χ0) is 107. The molecule has 13 heteroatoms. The fourth-order valence-electron chi connectivity index (χ4n) is 15.2. The SMILES string of the molecule is Cc1ccccc1-c1cc[c-]c(-c2cc3c(cn2)CCCC3)c1.[2H]c1[c-]c(-c2ccc(C)cn2)c([2H])c([2H])c1[2H].[2H]c1[c-]c(-c2ccc([Si](C)(C)C)cn2)c([2H])c([2H])c1[2H].[2H]c1[c-]c(-c2ccccn2)c([2H])c([2H])c1[2H].[2H]c1[c-]c(-c2nc([2H])c([2H])c([2H])c2[2H])c([2H])c([2H])c1[2H].[Ir].[Ir].[Ir].[Ir].[c-]1ccc(-c2ccccc2)cc1-c1cc2c(cn1)CCCC2.[c-]1ccccc1-c1cc2c(cn1)CCCC2.[c-]1ccccc1-c1cc2c(cn1)CCCC2. The van der Waals surface area contributed by atoms with Crippen molar-refractivity contribution in [2.24, 2.45) is 0 Å². The zero-order valence-electron chi connectivity index (χ0n) is 94.9. The van der Waals surface area contributed by atoms with Gasteiger partial charge in [0.25, 0.3) is 0 Å². The maximum atomic E-state index is 7.89. The van der Waals surface area contributed by atoms with E-state index < -0.39 is 56.5 Å². The largest absolute Gasteiger partial charge is 0.305 e. The molecule has 680 valence electrons. The van der Waals surface area contributed by atoms with Crippen LogP contribution in [0.4, 0.5) is 0 Å². The second-order valence-electron chi connectivity index (χ2n) is 32.5. The summed E-state index contributed by atoms with van der Waals surface area (Å²) in [6, 6.07) is 87.0. The van der Waals surface area contributed by atoms with Gasteiger partial charge in [0.05, 0.1) is 13.6 Å². The summed E-state index contributed by atoms with van der Waals surface area (Å²) in [6.45, 7) is 10.7. The molecule has 0 saturated carbocycles. The summed E-state index contributed by atoms with van der Waals surface area (Å²) < 4.78 is 151. The Balaban J connectivity index is 0.000000166. The van der Waals surface area contributed by atoms with Gasteiger partial charge in [-0.25, -0.2) is 0 Å². The molecule has 0 atom stereocenters. The van der Waals surface area contributed by atoms with Crippen LogP contribution in [-0.4, -0.2) is 47.9 Å². The Morgan fingerprint density at radius 1 is 0.261 bits per heavy atom. The van der Waals surface area contributed by atoms with E-state index in [-0.39, 0.29) is 164 Å². The molecule has 0 aliphatic heterocycles. The van der Waals surface area contributed by atoms with Crippen LogP contribution in [0.5, 0.6) is 0 Å². The van der Waals surface area contributed by atoms with Gasteiger partial charge in [0.1, 0.15) is 0 Å². The quantitative estimate of drug-likeness (QED) is 0.0932. The van der Waals surface area contributed by atoms with E-state index in [1.54, 1.807) is 48.9 Å². The molecule has 0 spiro atoms. The van der Waals surface area contributed by atoms with Gasteiger partial charge in [0.15, 0.2) is 0 Å². The maximum absolute atomic E-state index is 7.89. The van der Waals surface area contributed by atoms with E-state index >= 15 is 0 Å². The summed E-state index contributed by atoms with van der Waals surface area (Å²) >= 11 is 0. The first-order chi connectivity index (χ1) is 72.2. The molecule has 22 rings (SSSR count). The number of aryl methyl sites for hydroxylation is 10. The standard InChI is InChI=1S/C22H20N.C21H18N.2C15H14N.C14H16NSi.C12H10N.2C11H8N.4Ir/c1-16-7-2-5-12-21(16)18-10-6-11-19(13-18)22-14-17-8-3-4-9-20(17)15-23-22;1-2-7-16(8-3-1)17-11-6-12-19(13-17)21-14-18-9-4-5-10-20(18)15-22-21;2*1-2-6-12(7-3-1)15-10-13-8-4-5-9-14(13)11-16-15;1-16(2,3)13-9-10-14(15-11-13)12-7-5-4-6-8-12;1-10-7-8-12(13-9-10)11-5-3-2-4-6-11;2*1-2-6-10(7-3-1)11-8-4-5-9-12-11;;;;/h2,5-7,10,12-15H,3-4,8-9H2,1H3;1-3,6-8,11,13-15H,4-5,9-10H2;2*1-3,6,10-11H,4-5,8-9H2;4-7,9-11H,1-3H3;2-5,7-9H,1H3;2*1-6,8-9H;;;;/q8*-1;;;;/i;;;;4D,5D,6D,7D;2D,3D,4D,5D;1D,2D,3D,4D,5D,6D,8D,9D;1D,2D,3D,6D;;;;. The van der Waals surface area contributed by atoms with Crippen LogP contribution in [0.1, 0.15) is 134 Å². The molecule has 134 heavy (non-hydrogen) atoms. The molecular weight excluding hydrogens is 2360 g/mol. The summed E-state index contributed by atoms with van der Waals surface area (Å²) in [5.74, 6) is 0. The second kappa shape index (κ2) is 53.9. The van der Waals surface area contributed by atoms with Gasteiger partial charge in [-0.2, -0.15) is 0 Å². The number of hydrogen-bond donors (Lipinski definition) is 0. The van der Waals surface area contributed by atoms with Crippen molar-refractivity contribution in [1.82, 2.24) is 39.9 Å². The van der Waals surface area contributed by atoms with Crippen molar-refractivity contribution >= 4 is 13.3 Å². The molecule has 4 aliphatic carbocycles. The predicted octanol–water partition coefficient (Wildman–Crippen LogP) is 28.4. The van der Waals surface area contributed by atoms with Crippen molar-refractivity contribution in [1.29, 1.82) is 0 Å². The Morgan fingerprint density at radius 2 is 0.642 bits per heavy atom. The molecule has 8 heterocycles. The third-order valence-corrected chi connectivity index (χ3v) is 24.3. The van der Waals surface area contributed by atoms with Crippen molar-refractivity contribution < 1.29 is 108 Å². The van der Waals surface area contributed by atoms with Gasteiger partial charge >= 0.3 is 0 Å². The number of nitrogens with zero attached hydrogens (tertiary/aromatic N) is 8. The zero-order valence-corrected chi connectivity index (χ0v) is 85.5. The molecule has 10 aromatic carbocycles. The van der Waals surface area contributed by atoms with Gasteiger partial charge in [-0.1, -0.05) is 169 Å². The number of hydrogen-bond acceptors (Lipinski definition) is 8. The molecule has 0 unspecified atom stereocenters. The van der Waals surface area contributed by atoms with E-state index in [0.29, 0.717) is 33.8 Å². The van der Waals surface area contributed by atoms with E-state index in [0.717, 1.165) is 50.6 Å². The monoisotopic (exact) mass is 2490 g/mol. The molecular formula is C121H108Ir4N8Si-8. The van der Waals surface area contributed by atoms with Crippen molar-refractivity contribution in [2.45, 2.75) is 136 Å². The topological polar surface area (TPSA) is 103 Å². The van der Waals surface area contributed by atoms with Crippen LogP contribution in [0.15, 0.2) is 371 Å². The van der Waals surface area contributed by atoms with Crippen molar-refractivity contribution in [3.05, 3.63) is 475 Å². The molecule has 0 bridgehead atoms. The number of aromatic nitrogens is 8. The fourth-order valence-corrected chi connectivity index (χ4v) is 16.3. The number of pyridine rings is 8. The van der Waals surface area contributed by atoms with E-state index in [9.17, 15) is 0 Å². The molecule has 8 aromatic heterocycles. The smallest absolute Gasteiger partial charge is 0.0830 e. The third kappa shape index (κ3) is 30.4. The molecule has 18 aromatic rings. The van der Waals surface area contributed by atoms with Crippen LogP contribution < -0.4 is 5.19 Å². The van der Waals surface area contributed by atoms with Gasteiger partial charge in [-0.3, -0.25) is 0 Å². The molecule has 0 saturated heterocycles. The third-order valence-electron chi connectivity index (χ3n) is 22.3. The van der Waals surface area contributed by atoms with Crippen LogP contribution in [0.3, 0.4) is 0 Å². The van der Waals surface area contributed by atoms with Gasteiger partial charge in [0.2, 0.25) is 0 Å². The maximum Gasteiger partial charge on any atom is 0.0830 e. The van der Waals surface area contributed by atoms with E-state index in [1.165, 1.54) is 180 Å². The molecule has 8 nitrogen and oxygen atoms in total. The van der Waals surface area contributed by atoms with Gasteiger partial charge in [-0.15, -0.1) is 286 Å². The Kier molecular flexibility index (Phi) is 31.2. The number of rotatable bonds is 11. The number of benzene rings is 10. The molecule has 4 radical (unpaired) electrons. The van der Waals surface area contributed by atoms with Gasteiger partial charge < -0.3 is 39.9 Å². The molecule has 4 aliphatic rings. The predicted molar refractivity (Wildman–Crippen MR) is 538 cm³/mol. The first kappa shape index (κ1) is 77.5. The Bertz CT molecular complexity index is 7700. The molecule has 0 N–H and O–H groups in total. The normalized spacial score (nSPS) is 14.2. The first-order valence-corrected chi connectivity index (χ1v) is 47.4. The van der Waals surface area contributed by atoms with Crippen molar-refractivity contribution in [2.75, 3.05) is 0 Å². The minimum absolute atomic E-state index is 0. The van der Waals surface area contributed by atoms with Crippen LogP contribution in [0.25, 0.3) is 112 Å². The first-order valence-electron chi connectivity index (χ1n) is 53.9. The van der Waals surface area contributed by atoms with Crippen molar-refractivity contribution in [3.63, 3.8) is 0 Å². The van der Waals surface area contributed by atoms with Crippen LogP contribution in [-0.2, 0) is 132 Å². The average Bonchev–Trinajstić information content (AvgIpc) is 0.744. The van der Waals surface area contributed by atoms with Gasteiger partial charge in [0, 0.05) is 141 Å². The van der Waals surface area contributed by atoms with Crippen LogP contribution in [0, 0.1) is 62.4 Å². The van der Waals surface area contributed by atoms with E-state index in [2.05, 4.69) is 237 Å². The summed E-state index contributed by atoms with van der Waals surface area (Å²) in [5, 5.41) is 1.21. The molecule has 0 amide bonds. The van der Waals surface area contributed by atoms with Crippen molar-refractivity contribution in [3.8, 4) is 112 Å². The number of fused-ring (bicyclic) bond motifs is 4. The van der Waals surface area contributed by atoms with Gasteiger partial charge in [-0.05, 0) is 235 Å². The Labute approximate surface area is 877 Å². The average molecular weight is 2490 g/mol. The van der Waals surface area contributed by atoms with E-state index in [4.69, 9.17) is 27.4 Å². The molecule has 0 fully saturated rings. The van der Waals surface area contributed by atoms with Crippen LogP contribution >= 0.6 is 0 Å². The summed E-state index contributed by atoms with van der Waals surface area (Å²) in [6.07, 6.45) is 32.7. The summed E-state index contributed by atoms with van der Waals surface area (Å²) in [7, 11) is -1.43. The Hall–Kier alpha value is -11.8. The summed E-state index contributed by atoms with van der Waals surface area (Å²) in [4.78, 5) is 34.6. The minimum atomic E-state index is -1.43.